The minimum absolute atomic E-state index is 0.0135. The highest BCUT2D eigenvalue weighted by Crippen LogP contribution is 2.32. The second-order valence-electron chi connectivity index (χ2n) is 8.12. The number of benzene rings is 2. The molecule has 3 rings (SSSR count). The van der Waals surface area contributed by atoms with Crippen LogP contribution in [0.2, 0.25) is 5.02 Å². The number of aryl methyl sites for hydroxylation is 1. The molecule has 2 aromatic rings. The number of esters is 1. The maximum Gasteiger partial charge on any atom is 0.343 e. The van der Waals surface area contributed by atoms with Crippen LogP contribution in [0.4, 0.5) is 0 Å². The summed E-state index contributed by atoms with van der Waals surface area (Å²) in [5, 5.41) is 0.589. The summed E-state index contributed by atoms with van der Waals surface area (Å²) in [4.78, 5) is 26.0. The smallest absolute Gasteiger partial charge is 0.343 e. The number of nitrogens with zero attached hydrogens (tertiary/aromatic N) is 2. The van der Waals surface area contributed by atoms with Crippen LogP contribution in [-0.4, -0.2) is 55.7 Å². The summed E-state index contributed by atoms with van der Waals surface area (Å²) in [6.45, 7) is 8.31. The van der Waals surface area contributed by atoms with Crippen LogP contribution in [-0.2, 0) is 14.8 Å². The predicted molar refractivity (Wildman–Crippen MR) is 123 cm³/mol. The first-order chi connectivity index (χ1) is 15.0. The highest BCUT2D eigenvalue weighted by atomic mass is 35.5. The number of hydrogen-bond donors (Lipinski definition) is 0. The fraction of sp³-hybridized carbons (Fsp3) is 0.391. The van der Waals surface area contributed by atoms with Gasteiger partial charge in [0.15, 0.2) is 0 Å². The van der Waals surface area contributed by atoms with Gasteiger partial charge in [-0.25, -0.2) is 13.2 Å². The molecular formula is C23H27ClN2O5S. The molecule has 0 unspecified atom stereocenters. The van der Waals surface area contributed by atoms with Gasteiger partial charge in [0.2, 0.25) is 15.9 Å². The molecule has 0 aromatic heterocycles. The zero-order valence-corrected chi connectivity index (χ0v) is 20.2. The Morgan fingerprint density at radius 1 is 1.06 bits per heavy atom. The van der Waals surface area contributed by atoms with Gasteiger partial charge < -0.3 is 9.64 Å². The molecule has 0 bridgehead atoms. The summed E-state index contributed by atoms with van der Waals surface area (Å²) < 4.78 is 33.1. The third-order valence-corrected chi connectivity index (χ3v) is 7.81. The van der Waals surface area contributed by atoms with Crippen molar-refractivity contribution < 1.29 is 22.7 Å². The summed E-state index contributed by atoms with van der Waals surface area (Å²) in [7, 11) is -3.80. The zero-order chi connectivity index (χ0) is 23.6. The minimum atomic E-state index is -3.80. The van der Waals surface area contributed by atoms with E-state index in [-0.39, 0.29) is 35.4 Å². The number of rotatable bonds is 5. The van der Waals surface area contributed by atoms with Crippen molar-refractivity contribution in [3.05, 3.63) is 58.1 Å². The van der Waals surface area contributed by atoms with Gasteiger partial charge in [0.25, 0.3) is 0 Å². The molecule has 1 aliphatic rings. The molecule has 172 valence electrons. The molecule has 7 nitrogen and oxygen atoms in total. The molecule has 1 aliphatic heterocycles. The summed E-state index contributed by atoms with van der Waals surface area (Å²) in [6, 6.07) is 9.32. The van der Waals surface area contributed by atoms with E-state index in [1.54, 1.807) is 17.0 Å². The molecule has 9 heteroatoms. The lowest BCUT2D eigenvalue weighted by Gasteiger charge is -2.33. The Kier molecular flexibility index (Phi) is 7.27. The van der Waals surface area contributed by atoms with E-state index >= 15 is 0 Å². The van der Waals surface area contributed by atoms with Gasteiger partial charge in [0.05, 0.1) is 10.5 Å². The Balaban J connectivity index is 1.83. The Labute approximate surface area is 194 Å². The lowest BCUT2D eigenvalue weighted by atomic mass is 10.0. The normalized spacial score (nSPS) is 15.1. The number of sulfonamides is 1. The summed E-state index contributed by atoms with van der Waals surface area (Å²) in [5.41, 5.74) is 1.71. The van der Waals surface area contributed by atoms with Crippen molar-refractivity contribution in [2.45, 2.75) is 38.5 Å². The van der Waals surface area contributed by atoms with Gasteiger partial charge >= 0.3 is 5.97 Å². The Hall–Kier alpha value is -2.42. The highest BCUT2D eigenvalue weighted by Gasteiger charge is 2.30. The molecule has 32 heavy (non-hydrogen) atoms. The summed E-state index contributed by atoms with van der Waals surface area (Å²) in [6.07, 6.45) is 0. The summed E-state index contributed by atoms with van der Waals surface area (Å²) in [5.74, 6) is -0.242. The van der Waals surface area contributed by atoms with Gasteiger partial charge in [0, 0.05) is 38.1 Å². The number of piperazine rings is 1. The molecule has 1 heterocycles. The number of amides is 1. The van der Waals surface area contributed by atoms with Gasteiger partial charge in [-0.2, -0.15) is 4.31 Å². The van der Waals surface area contributed by atoms with Crippen molar-refractivity contribution in [3.63, 3.8) is 0 Å². The molecule has 0 spiro atoms. The minimum Gasteiger partial charge on any atom is -0.423 e. The van der Waals surface area contributed by atoms with Gasteiger partial charge in [-0.1, -0.05) is 31.5 Å². The van der Waals surface area contributed by atoms with E-state index in [1.165, 1.54) is 35.5 Å². The average Bonchev–Trinajstić information content (AvgIpc) is 2.76. The SMILES string of the molecule is CC(=O)N1CCN(S(=O)(=O)c2cccc(C(=O)Oc3cc(C)c(Cl)cc3C(C)C)c2)CC1. The Bertz CT molecular complexity index is 1140. The van der Waals surface area contributed by atoms with Crippen LogP contribution < -0.4 is 4.74 Å². The van der Waals surface area contributed by atoms with E-state index in [2.05, 4.69) is 0 Å². The van der Waals surface area contributed by atoms with Crippen molar-refractivity contribution in [2.75, 3.05) is 26.2 Å². The number of ether oxygens (including phenoxy) is 1. The van der Waals surface area contributed by atoms with Crippen LogP contribution in [0.3, 0.4) is 0 Å². The molecule has 1 amide bonds. The third kappa shape index (κ3) is 5.14. The number of halogens is 1. The second-order valence-corrected chi connectivity index (χ2v) is 10.5. The third-order valence-electron chi connectivity index (χ3n) is 5.51. The quantitative estimate of drug-likeness (QED) is 0.481. The first-order valence-corrected chi connectivity index (χ1v) is 12.2. The summed E-state index contributed by atoms with van der Waals surface area (Å²) >= 11 is 6.22. The topological polar surface area (TPSA) is 84.0 Å². The van der Waals surface area contributed by atoms with Crippen LogP contribution >= 0.6 is 11.6 Å². The molecule has 0 radical (unpaired) electrons. The number of hydrogen-bond acceptors (Lipinski definition) is 5. The van der Waals surface area contributed by atoms with Gasteiger partial charge in [-0.05, 0) is 54.3 Å². The van der Waals surface area contributed by atoms with E-state index in [9.17, 15) is 18.0 Å². The molecule has 0 N–H and O–H groups in total. The second kappa shape index (κ2) is 9.60. The highest BCUT2D eigenvalue weighted by molar-refractivity contribution is 7.89. The van der Waals surface area contributed by atoms with Gasteiger partial charge in [-0.3, -0.25) is 4.79 Å². The van der Waals surface area contributed by atoms with Crippen molar-refractivity contribution in [1.82, 2.24) is 9.21 Å². The van der Waals surface area contributed by atoms with Crippen molar-refractivity contribution in [1.29, 1.82) is 0 Å². The largest absolute Gasteiger partial charge is 0.423 e. The molecular weight excluding hydrogens is 452 g/mol. The molecule has 0 saturated carbocycles. The van der Waals surface area contributed by atoms with Crippen LogP contribution in [0.25, 0.3) is 0 Å². The first-order valence-electron chi connectivity index (χ1n) is 10.4. The molecule has 2 aromatic carbocycles. The molecule has 1 saturated heterocycles. The maximum absolute atomic E-state index is 13.1. The van der Waals surface area contributed by atoms with E-state index in [4.69, 9.17) is 16.3 Å². The molecule has 0 atom stereocenters. The average molecular weight is 479 g/mol. The number of carbonyl (C=O) groups is 2. The van der Waals surface area contributed by atoms with Gasteiger partial charge in [0.1, 0.15) is 5.75 Å². The van der Waals surface area contributed by atoms with Crippen molar-refractivity contribution in [2.24, 2.45) is 0 Å². The zero-order valence-electron chi connectivity index (χ0n) is 18.6. The molecule has 0 aliphatic carbocycles. The van der Waals surface area contributed by atoms with Crippen LogP contribution in [0, 0.1) is 6.92 Å². The van der Waals surface area contributed by atoms with Crippen molar-refractivity contribution >= 4 is 33.5 Å². The Morgan fingerprint density at radius 2 is 1.72 bits per heavy atom. The fourth-order valence-corrected chi connectivity index (χ4v) is 5.19. The monoisotopic (exact) mass is 478 g/mol. The first kappa shape index (κ1) is 24.2. The van der Waals surface area contributed by atoms with E-state index in [0.717, 1.165) is 11.1 Å². The predicted octanol–water partition coefficient (Wildman–Crippen LogP) is 3.84. The lowest BCUT2D eigenvalue weighted by molar-refractivity contribution is -0.129. The standard InChI is InChI=1S/C23H27ClN2O5S/c1-15(2)20-14-21(24)16(3)12-22(20)31-23(28)18-6-5-7-19(13-18)32(29,30)26-10-8-25(9-11-26)17(4)27/h5-7,12-15H,8-11H2,1-4H3. The van der Waals surface area contributed by atoms with E-state index in [0.29, 0.717) is 23.9 Å². The van der Waals surface area contributed by atoms with Gasteiger partial charge in [-0.15, -0.1) is 0 Å². The Morgan fingerprint density at radius 3 is 2.31 bits per heavy atom. The number of carbonyl (C=O) groups excluding carboxylic acids is 2. The lowest BCUT2D eigenvalue weighted by Crippen LogP contribution is -2.49. The maximum atomic E-state index is 13.1. The van der Waals surface area contributed by atoms with E-state index in [1.807, 2.05) is 20.8 Å². The van der Waals surface area contributed by atoms with Crippen LogP contribution in [0.5, 0.6) is 5.75 Å². The van der Waals surface area contributed by atoms with Crippen molar-refractivity contribution in [3.8, 4) is 5.75 Å². The van der Waals surface area contributed by atoms with Crippen LogP contribution in [0.15, 0.2) is 41.3 Å². The van der Waals surface area contributed by atoms with Crippen LogP contribution in [0.1, 0.15) is 48.2 Å². The fourth-order valence-electron chi connectivity index (χ4n) is 3.54. The van der Waals surface area contributed by atoms with E-state index < -0.39 is 16.0 Å². The molecule has 1 fully saturated rings.